The molecule has 0 saturated heterocycles. The molecule has 0 amide bonds. The number of thioether (sulfide) groups is 1. The van der Waals surface area contributed by atoms with Crippen LogP contribution < -0.4 is 5.63 Å². The van der Waals surface area contributed by atoms with Crippen molar-refractivity contribution in [3.63, 3.8) is 0 Å². The van der Waals surface area contributed by atoms with Crippen molar-refractivity contribution in [2.45, 2.75) is 24.8 Å². The van der Waals surface area contributed by atoms with Crippen molar-refractivity contribution in [3.05, 3.63) is 94.1 Å². The molecule has 0 aliphatic carbocycles. The van der Waals surface area contributed by atoms with Gasteiger partial charge >= 0.3 is 5.63 Å². The van der Waals surface area contributed by atoms with E-state index in [0.717, 1.165) is 38.4 Å². The predicted molar refractivity (Wildman–Crippen MR) is 120 cm³/mol. The molecule has 0 fully saturated rings. The van der Waals surface area contributed by atoms with Crippen LogP contribution in [0.5, 0.6) is 0 Å². The number of aryl methyl sites for hydroxylation is 2. The molecule has 2 heterocycles. The van der Waals surface area contributed by atoms with Gasteiger partial charge in [-0.1, -0.05) is 59.8 Å². The topological polar surface area (TPSA) is 60.9 Å². The molecule has 0 unspecified atom stereocenters. The highest BCUT2D eigenvalue weighted by molar-refractivity contribution is 7.98. The van der Waals surface area contributed by atoms with E-state index in [-0.39, 0.29) is 5.63 Å². The Morgan fingerprint density at radius 1 is 0.967 bits per heavy atom. The van der Waals surface area contributed by atoms with Crippen LogP contribution in [0.2, 0.25) is 0 Å². The van der Waals surface area contributed by atoms with E-state index in [1.54, 1.807) is 17.8 Å². The van der Waals surface area contributed by atoms with Crippen molar-refractivity contribution in [3.8, 4) is 5.69 Å². The van der Waals surface area contributed by atoms with Crippen molar-refractivity contribution in [2.75, 3.05) is 0 Å². The van der Waals surface area contributed by atoms with E-state index < -0.39 is 0 Å². The molecule has 0 aliphatic heterocycles. The standard InChI is InChI=1S/C24H19N3O2S/c1-15-7-10-19(11-8-15)27-16(2)25-26-24(27)30-14-18-13-22(28)29-21-12-9-17-5-3-4-6-20(17)23(18)21/h3-13H,14H2,1-2H3. The van der Waals surface area contributed by atoms with Crippen molar-refractivity contribution >= 4 is 33.5 Å². The van der Waals surface area contributed by atoms with Gasteiger partial charge in [0.05, 0.1) is 0 Å². The quantitative estimate of drug-likeness (QED) is 0.223. The Balaban J connectivity index is 1.57. The molecule has 5 rings (SSSR count). The first-order valence-electron chi connectivity index (χ1n) is 9.66. The van der Waals surface area contributed by atoms with Crippen LogP contribution in [-0.4, -0.2) is 14.8 Å². The molecular weight excluding hydrogens is 394 g/mol. The maximum atomic E-state index is 12.2. The van der Waals surface area contributed by atoms with Gasteiger partial charge in [-0.2, -0.15) is 0 Å². The third-order valence-electron chi connectivity index (χ3n) is 5.16. The van der Waals surface area contributed by atoms with Gasteiger partial charge < -0.3 is 4.42 Å². The fraction of sp³-hybridized carbons (Fsp3) is 0.125. The fourth-order valence-electron chi connectivity index (χ4n) is 3.70. The van der Waals surface area contributed by atoms with E-state index in [2.05, 4.69) is 53.5 Å². The maximum absolute atomic E-state index is 12.2. The lowest BCUT2D eigenvalue weighted by Crippen LogP contribution is -2.02. The zero-order chi connectivity index (χ0) is 20.7. The van der Waals surface area contributed by atoms with E-state index in [9.17, 15) is 4.79 Å². The van der Waals surface area contributed by atoms with Gasteiger partial charge in [-0.05, 0) is 48.4 Å². The molecule has 0 spiro atoms. The highest BCUT2D eigenvalue weighted by atomic mass is 32.2. The first kappa shape index (κ1) is 18.6. The lowest BCUT2D eigenvalue weighted by molar-refractivity contribution is 0.560. The molecule has 6 heteroatoms. The summed E-state index contributed by atoms with van der Waals surface area (Å²) < 4.78 is 7.51. The summed E-state index contributed by atoms with van der Waals surface area (Å²) in [4.78, 5) is 12.2. The average molecular weight is 414 g/mol. The van der Waals surface area contributed by atoms with Crippen molar-refractivity contribution in [2.24, 2.45) is 0 Å². The largest absolute Gasteiger partial charge is 0.423 e. The number of aromatic nitrogens is 3. The Morgan fingerprint density at radius 2 is 1.77 bits per heavy atom. The first-order valence-corrected chi connectivity index (χ1v) is 10.6. The molecule has 5 nitrogen and oxygen atoms in total. The van der Waals surface area contributed by atoms with Crippen LogP contribution in [0.3, 0.4) is 0 Å². The van der Waals surface area contributed by atoms with E-state index >= 15 is 0 Å². The Hall–Kier alpha value is -3.38. The lowest BCUT2D eigenvalue weighted by Gasteiger charge is -2.10. The third-order valence-corrected chi connectivity index (χ3v) is 6.14. The number of fused-ring (bicyclic) bond motifs is 3. The molecule has 0 N–H and O–H groups in total. The Kier molecular flexibility index (Phi) is 4.64. The molecule has 0 bridgehead atoms. The monoisotopic (exact) mass is 413 g/mol. The van der Waals surface area contributed by atoms with Crippen LogP contribution in [0, 0.1) is 13.8 Å². The predicted octanol–water partition coefficient (Wildman–Crippen LogP) is 5.44. The molecule has 0 radical (unpaired) electrons. The lowest BCUT2D eigenvalue weighted by atomic mass is 10.0. The number of rotatable bonds is 4. The van der Waals surface area contributed by atoms with E-state index in [1.165, 1.54) is 5.56 Å². The van der Waals surface area contributed by atoms with Crippen LogP contribution in [0.15, 0.2) is 81.1 Å². The van der Waals surface area contributed by atoms with Crippen molar-refractivity contribution in [1.29, 1.82) is 0 Å². The fourth-order valence-corrected chi connectivity index (χ4v) is 4.68. The summed E-state index contributed by atoms with van der Waals surface area (Å²) in [5.74, 6) is 1.41. The van der Waals surface area contributed by atoms with Crippen LogP contribution in [0.4, 0.5) is 0 Å². The average Bonchev–Trinajstić information content (AvgIpc) is 3.12. The number of hydrogen-bond donors (Lipinski definition) is 0. The second-order valence-electron chi connectivity index (χ2n) is 7.24. The zero-order valence-corrected chi connectivity index (χ0v) is 17.4. The minimum absolute atomic E-state index is 0.343. The maximum Gasteiger partial charge on any atom is 0.336 e. The summed E-state index contributed by atoms with van der Waals surface area (Å²) >= 11 is 1.56. The summed E-state index contributed by atoms with van der Waals surface area (Å²) in [6.45, 7) is 4.01. The van der Waals surface area contributed by atoms with Crippen molar-refractivity contribution in [1.82, 2.24) is 14.8 Å². The second-order valence-corrected chi connectivity index (χ2v) is 8.18. The summed E-state index contributed by atoms with van der Waals surface area (Å²) in [6.07, 6.45) is 0. The van der Waals surface area contributed by atoms with Crippen LogP contribution >= 0.6 is 11.8 Å². The molecule has 30 heavy (non-hydrogen) atoms. The Labute approximate surface area is 177 Å². The SMILES string of the molecule is Cc1ccc(-n2c(C)nnc2SCc2cc(=O)oc3ccc4ccccc4c23)cc1. The van der Waals surface area contributed by atoms with Gasteiger partial charge in [-0.15, -0.1) is 10.2 Å². The molecule has 0 aliphatic rings. The van der Waals surface area contributed by atoms with Gasteiger partial charge in [0, 0.05) is 22.9 Å². The molecule has 3 aromatic carbocycles. The van der Waals surface area contributed by atoms with Gasteiger partial charge in [-0.3, -0.25) is 4.57 Å². The molecular formula is C24H19N3O2S. The minimum atomic E-state index is -0.343. The van der Waals surface area contributed by atoms with Gasteiger partial charge in [0.15, 0.2) is 5.16 Å². The molecule has 5 aromatic rings. The highest BCUT2D eigenvalue weighted by Crippen LogP contribution is 2.32. The molecule has 148 valence electrons. The van der Waals surface area contributed by atoms with E-state index in [0.29, 0.717) is 11.3 Å². The highest BCUT2D eigenvalue weighted by Gasteiger charge is 2.14. The van der Waals surface area contributed by atoms with Crippen LogP contribution in [-0.2, 0) is 5.75 Å². The summed E-state index contributed by atoms with van der Waals surface area (Å²) in [5, 5.41) is 12.6. The molecule has 0 saturated carbocycles. The van der Waals surface area contributed by atoms with Gasteiger partial charge in [-0.25, -0.2) is 4.79 Å². The summed E-state index contributed by atoms with van der Waals surface area (Å²) in [7, 11) is 0. The first-order chi connectivity index (χ1) is 14.6. The molecule has 2 aromatic heterocycles. The van der Waals surface area contributed by atoms with Gasteiger partial charge in [0.1, 0.15) is 11.4 Å². The third kappa shape index (κ3) is 3.29. The number of benzene rings is 3. The normalized spacial score (nSPS) is 11.4. The molecule has 0 atom stereocenters. The second kappa shape index (κ2) is 7.46. The van der Waals surface area contributed by atoms with E-state index in [1.807, 2.05) is 35.8 Å². The zero-order valence-electron chi connectivity index (χ0n) is 16.6. The Bertz CT molecular complexity index is 1440. The van der Waals surface area contributed by atoms with Crippen molar-refractivity contribution < 1.29 is 4.42 Å². The van der Waals surface area contributed by atoms with Gasteiger partial charge in [0.2, 0.25) is 0 Å². The van der Waals surface area contributed by atoms with E-state index in [4.69, 9.17) is 4.42 Å². The summed E-state index contributed by atoms with van der Waals surface area (Å²) in [6, 6.07) is 21.8. The Morgan fingerprint density at radius 3 is 2.60 bits per heavy atom. The van der Waals surface area contributed by atoms with Crippen LogP contribution in [0.25, 0.3) is 27.4 Å². The van der Waals surface area contributed by atoms with Crippen LogP contribution in [0.1, 0.15) is 17.0 Å². The smallest absolute Gasteiger partial charge is 0.336 e. The number of hydrogen-bond acceptors (Lipinski definition) is 5. The van der Waals surface area contributed by atoms with Gasteiger partial charge in [0.25, 0.3) is 0 Å². The minimum Gasteiger partial charge on any atom is -0.423 e. The summed E-state index contributed by atoms with van der Waals surface area (Å²) in [5.41, 5.74) is 3.42. The number of nitrogens with zero attached hydrogens (tertiary/aromatic N) is 3.